The molecule has 0 heteroatoms. The van der Waals surface area contributed by atoms with Crippen molar-refractivity contribution in [3.8, 4) is 0 Å². The van der Waals surface area contributed by atoms with E-state index in [0.29, 0.717) is 11.8 Å². The van der Waals surface area contributed by atoms with Gasteiger partial charge in [-0.05, 0) is 142 Å². The second-order valence-electron chi connectivity index (χ2n) is 13.5. The summed E-state index contributed by atoms with van der Waals surface area (Å²) in [6, 6.07) is 0. The van der Waals surface area contributed by atoms with Crippen LogP contribution < -0.4 is 0 Å². The Balaban J connectivity index is 1.66. The van der Waals surface area contributed by atoms with E-state index in [-0.39, 0.29) is 16.2 Å². The van der Waals surface area contributed by atoms with Crippen molar-refractivity contribution in [3.63, 3.8) is 0 Å². The normalized spacial score (nSPS) is 36.3. The molecule has 8 rings (SSSR count). The fourth-order valence-corrected chi connectivity index (χ4v) is 9.43. The van der Waals surface area contributed by atoms with E-state index in [2.05, 4.69) is 93.5 Å². The summed E-state index contributed by atoms with van der Waals surface area (Å²) in [7, 11) is 0. The molecule has 8 aliphatic rings. The van der Waals surface area contributed by atoms with E-state index in [1.54, 1.807) is 44.6 Å². The Labute approximate surface area is 210 Å². The molecule has 0 nitrogen and oxygen atoms in total. The number of hydrogen-bond donors (Lipinski definition) is 0. The fraction of sp³-hybridized carbons (Fsp3) is 0.429. The van der Waals surface area contributed by atoms with Crippen LogP contribution in [0.5, 0.6) is 0 Å². The summed E-state index contributed by atoms with van der Waals surface area (Å²) in [5.41, 5.74) is 25.3. The van der Waals surface area contributed by atoms with Gasteiger partial charge in [-0.2, -0.15) is 0 Å². The average Bonchev–Trinajstić information content (AvgIpc) is 3.37. The maximum absolute atomic E-state index is 2.66. The van der Waals surface area contributed by atoms with Crippen molar-refractivity contribution in [1.29, 1.82) is 0 Å². The maximum atomic E-state index is 2.66. The molecule has 0 bridgehead atoms. The SMILES string of the molecule is CC1=C(C)C2=C3C1=CC1=C(C)C(C)=C4C=C5C6=C(C=C7C(C)=C(C)C(=C2)C7C36C14)C(C)(C)C5(C)C. The molecule has 1 spiro atoms. The van der Waals surface area contributed by atoms with Crippen LogP contribution in [0.25, 0.3) is 0 Å². The molecule has 0 amide bonds. The summed E-state index contributed by atoms with van der Waals surface area (Å²) >= 11 is 0. The van der Waals surface area contributed by atoms with Gasteiger partial charge in [0, 0.05) is 17.3 Å². The van der Waals surface area contributed by atoms with Gasteiger partial charge in [0.05, 0.1) is 0 Å². The number of hydrogen-bond acceptors (Lipinski definition) is 0. The highest BCUT2D eigenvalue weighted by Crippen LogP contribution is 2.80. The second kappa shape index (κ2) is 5.39. The van der Waals surface area contributed by atoms with Crippen LogP contribution in [0.15, 0.2) is 113 Å². The maximum Gasteiger partial charge on any atom is 0.0439 e. The minimum Gasteiger partial charge on any atom is -0.0550 e. The molecule has 0 aromatic heterocycles. The molecular weight excluding hydrogens is 420 g/mol. The third-order valence-electron chi connectivity index (χ3n) is 12.4. The first kappa shape index (κ1) is 20.6. The summed E-state index contributed by atoms with van der Waals surface area (Å²) in [5.74, 6) is 0.869. The van der Waals surface area contributed by atoms with Gasteiger partial charge in [-0.15, -0.1) is 0 Å². The Morgan fingerprint density at radius 1 is 0.543 bits per heavy atom. The Morgan fingerprint density at radius 2 is 1.14 bits per heavy atom. The zero-order valence-electron chi connectivity index (χ0n) is 23.0. The Bertz CT molecular complexity index is 1610. The van der Waals surface area contributed by atoms with Gasteiger partial charge in [0.1, 0.15) is 0 Å². The van der Waals surface area contributed by atoms with Gasteiger partial charge >= 0.3 is 0 Å². The van der Waals surface area contributed by atoms with Gasteiger partial charge in [-0.25, -0.2) is 0 Å². The molecule has 0 aromatic rings. The molecule has 0 radical (unpaired) electrons. The van der Waals surface area contributed by atoms with Gasteiger partial charge < -0.3 is 0 Å². The summed E-state index contributed by atoms with van der Waals surface area (Å²) in [6.07, 6.45) is 10.5. The monoisotopic (exact) mass is 456 g/mol. The van der Waals surface area contributed by atoms with Gasteiger partial charge in [0.15, 0.2) is 0 Å². The molecule has 35 heavy (non-hydrogen) atoms. The molecule has 0 N–H and O–H groups in total. The lowest BCUT2D eigenvalue weighted by molar-refractivity contribution is 0.223. The lowest BCUT2D eigenvalue weighted by atomic mass is 9.44. The van der Waals surface area contributed by atoms with Crippen molar-refractivity contribution in [3.05, 3.63) is 113 Å². The van der Waals surface area contributed by atoms with Gasteiger partial charge in [-0.3, -0.25) is 0 Å². The van der Waals surface area contributed by atoms with E-state index < -0.39 is 0 Å². The molecule has 0 aliphatic heterocycles. The minimum atomic E-state index is -0.0141. The second-order valence-corrected chi connectivity index (χ2v) is 13.5. The van der Waals surface area contributed by atoms with E-state index in [1.165, 1.54) is 44.6 Å². The Hall–Kier alpha value is -2.60. The van der Waals surface area contributed by atoms with Crippen LogP contribution in [-0.2, 0) is 0 Å². The fourth-order valence-electron chi connectivity index (χ4n) is 9.43. The molecule has 0 heterocycles. The largest absolute Gasteiger partial charge is 0.0550 e. The van der Waals surface area contributed by atoms with Gasteiger partial charge in [0.25, 0.3) is 0 Å². The van der Waals surface area contributed by atoms with Crippen LogP contribution >= 0.6 is 0 Å². The molecule has 3 atom stereocenters. The van der Waals surface area contributed by atoms with Gasteiger partial charge in [0.2, 0.25) is 0 Å². The molecule has 8 aliphatic carbocycles. The van der Waals surface area contributed by atoms with Crippen LogP contribution in [0.1, 0.15) is 69.2 Å². The molecular formula is C35H36. The van der Waals surface area contributed by atoms with E-state index in [0.717, 1.165) is 0 Å². The van der Waals surface area contributed by atoms with Crippen molar-refractivity contribution in [2.75, 3.05) is 0 Å². The van der Waals surface area contributed by atoms with E-state index >= 15 is 0 Å². The van der Waals surface area contributed by atoms with E-state index in [1.807, 2.05) is 0 Å². The minimum absolute atomic E-state index is 0.0141. The number of allylic oxidation sites excluding steroid dienone is 20. The van der Waals surface area contributed by atoms with Crippen molar-refractivity contribution in [2.24, 2.45) is 28.1 Å². The Morgan fingerprint density at radius 3 is 1.80 bits per heavy atom. The summed E-state index contributed by atoms with van der Waals surface area (Å²) in [5, 5.41) is 0. The van der Waals surface area contributed by atoms with Crippen molar-refractivity contribution >= 4 is 0 Å². The van der Waals surface area contributed by atoms with Crippen LogP contribution in [0.3, 0.4) is 0 Å². The predicted molar refractivity (Wildman–Crippen MR) is 146 cm³/mol. The topological polar surface area (TPSA) is 0 Å². The standard InChI is InChI=1S/C35H36/c1-15-16(2)22-12-24-18(4)20(6)26-14-28-32-27(33(7,8)34(28,9)10)13-25-19(5)17(3)23-11-21(15)29(22)35(32,30(23)25)31(24)26/h11-14,30-31H,1-10H3. The van der Waals surface area contributed by atoms with E-state index in [9.17, 15) is 0 Å². The number of rotatable bonds is 0. The third-order valence-corrected chi connectivity index (χ3v) is 12.4. The molecule has 0 saturated heterocycles. The average molecular weight is 457 g/mol. The smallest absolute Gasteiger partial charge is 0.0439 e. The highest BCUT2D eigenvalue weighted by Gasteiger charge is 2.70. The van der Waals surface area contributed by atoms with Crippen molar-refractivity contribution < 1.29 is 0 Å². The quantitative estimate of drug-likeness (QED) is 0.341. The first-order chi connectivity index (χ1) is 16.4. The Kier molecular flexibility index (Phi) is 3.17. The van der Waals surface area contributed by atoms with Gasteiger partial charge in [-0.1, -0.05) is 52.0 Å². The van der Waals surface area contributed by atoms with E-state index in [4.69, 9.17) is 0 Å². The summed E-state index contributed by atoms with van der Waals surface area (Å²) < 4.78 is 0. The van der Waals surface area contributed by atoms with Crippen LogP contribution in [0.4, 0.5) is 0 Å². The highest BCUT2D eigenvalue weighted by atomic mass is 14.7. The van der Waals surface area contributed by atoms with Crippen molar-refractivity contribution in [1.82, 2.24) is 0 Å². The molecule has 0 aromatic carbocycles. The lowest BCUT2D eigenvalue weighted by Crippen LogP contribution is -2.50. The van der Waals surface area contributed by atoms with Crippen molar-refractivity contribution in [2.45, 2.75) is 69.2 Å². The first-order valence-corrected chi connectivity index (χ1v) is 13.5. The summed E-state index contributed by atoms with van der Waals surface area (Å²) in [6.45, 7) is 24.4. The highest BCUT2D eigenvalue weighted by molar-refractivity contribution is 5.87. The van der Waals surface area contributed by atoms with Crippen LogP contribution in [0.2, 0.25) is 0 Å². The zero-order chi connectivity index (χ0) is 24.7. The van der Waals surface area contributed by atoms with Crippen LogP contribution in [0, 0.1) is 28.1 Å². The molecule has 0 fully saturated rings. The first-order valence-electron chi connectivity index (χ1n) is 13.5. The third kappa shape index (κ3) is 1.70. The molecule has 3 unspecified atom stereocenters. The zero-order valence-corrected chi connectivity index (χ0v) is 23.0. The lowest BCUT2D eigenvalue weighted by Gasteiger charge is -2.57. The molecule has 176 valence electrons. The molecule has 0 saturated carbocycles. The predicted octanol–water partition coefficient (Wildman–Crippen LogP) is 8.97. The van der Waals surface area contributed by atoms with Crippen LogP contribution in [-0.4, -0.2) is 0 Å². The summed E-state index contributed by atoms with van der Waals surface area (Å²) in [4.78, 5) is 0.